The molecule has 0 heterocycles. The second-order valence-electron chi connectivity index (χ2n) is 4.74. The van der Waals surface area contributed by atoms with Gasteiger partial charge in [-0.25, -0.2) is 9.86 Å². The van der Waals surface area contributed by atoms with Crippen molar-refractivity contribution in [2.75, 3.05) is 24.0 Å². The summed E-state index contributed by atoms with van der Waals surface area (Å²) in [5, 5.41) is 1.46. The highest BCUT2D eigenvalue weighted by Gasteiger charge is 2.17. The molecule has 0 saturated carbocycles. The van der Waals surface area contributed by atoms with Crippen LogP contribution in [0.5, 0.6) is 0 Å². The number of hydrogen-bond acceptors (Lipinski definition) is 5. The average molecular weight is 312 g/mol. The molecule has 0 atom stereocenters. The zero-order chi connectivity index (χ0) is 16.7. The first-order valence-corrected chi connectivity index (χ1v) is 7.31. The topological polar surface area (TPSA) is 64.8 Å². The van der Waals surface area contributed by atoms with E-state index in [-0.39, 0.29) is 6.61 Å². The lowest BCUT2D eigenvalue weighted by Crippen LogP contribution is -2.26. The number of hydrogen-bond donors (Lipinski definition) is 1. The molecule has 0 aromatic heterocycles. The number of para-hydroxylation sites is 2. The molecule has 0 radical (unpaired) electrons. The Hall–Kier alpha value is -2.79. The Morgan fingerprint density at radius 1 is 1.13 bits per heavy atom. The van der Waals surface area contributed by atoms with Crippen molar-refractivity contribution < 1.29 is 14.4 Å². The number of nitrogens with two attached hydrogens (primary N) is 1. The third-order valence-corrected chi connectivity index (χ3v) is 3.12. The summed E-state index contributed by atoms with van der Waals surface area (Å²) in [6.07, 6.45) is 0. The summed E-state index contributed by atoms with van der Waals surface area (Å²) < 4.78 is 4.89. The summed E-state index contributed by atoms with van der Waals surface area (Å²) in [6, 6.07) is 16.7. The summed E-state index contributed by atoms with van der Waals surface area (Å²) in [5.74, 6) is -0.451. The van der Waals surface area contributed by atoms with Gasteiger partial charge in [0, 0.05) is 0 Å². The normalized spacial score (nSPS) is 10.1. The Labute approximate surface area is 135 Å². The number of nitrogen functional groups attached to an aromatic ring is 1. The van der Waals surface area contributed by atoms with Gasteiger partial charge in [0.1, 0.15) is 0 Å². The van der Waals surface area contributed by atoms with Crippen molar-refractivity contribution in [3.63, 3.8) is 0 Å². The summed E-state index contributed by atoms with van der Waals surface area (Å²) >= 11 is 0. The maximum absolute atomic E-state index is 11.6. The minimum absolute atomic E-state index is 0.228. The average Bonchev–Trinajstić information content (AvgIpc) is 2.57. The van der Waals surface area contributed by atoms with Gasteiger partial charge in [0.2, 0.25) is 0 Å². The van der Waals surface area contributed by atoms with Crippen LogP contribution in [0.4, 0.5) is 11.4 Å². The summed E-state index contributed by atoms with van der Waals surface area (Å²) in [4.78, 5) is 17.2. The predicted molar refractivity (Wildman–Crippen MR) is 91.4 cm³/mol. The van der Waals surface area contributed by atoms with Crippen LogP contribution < -0.4 is 10.8 Å². The van der Waals surface area contributed by atoms with Gasteiger partial charge in [-0.1, -0.05) is 49.0 Å². The molecule has 120 valence electrons. The highest BCUT2D eigenvalue weighted by Crippen LogP contribution is 2.30. The van der Waals surface area contributed by atoms with Gasteiger partial charge in [-0.2, -0.15) is 0 Å². The fourth-order valence-electron chi connectivity index (χ4n) is 2.03. The minimum Gasteiger partial charge on any atom is -0.464 e. The van der Waals surface area contributed by atoms with Crippen LogP contribution >= 0.6 is 0 Å². The Balaban J connectivity index is 2.26. The van der Waals surface area contributed by atoms with E-state index in [1.165, 1.54) is 5.06 Å². The van der Waals surface area contributed by atoms with Crippen molar-refractivity contribution in [3.8, 4) is 0 Å². The minimum atomic E-state index is -0.451. The molecule has 0 aliphatic rings. The number of esters is 1. The molecule has 0 aliphatic carbocycles. The molecule has 0 unspecified atom stereocenters. The SMILES string of the molecule is C=C(c1ccccc1)N(OCC(=O)OCC)c1ccccc1N. The first-order valence-electron chi connectivity index (χ1n) is 7.31. The molecule has 2 N–H and O–H groups in total. The lowest BCUT2D eigenvalue weighted by atomic mass is 10.1. The van der Waals surface area contributed by atoms with E-state index in [2.05, 4.69) is 6.58 Å². The molecular weight excluding hydrogens is 292 g/mol. The summed E-state index contributed by atoms with van der Waals surface area (Å²) in [5.41, 5.74) is 8.60. The lowest BCUT2D eigenvalue weighted by Gasteiger charge is -2.26. The van der Waals surface area contributed by atoms with E-state index < -0.39 is 5.97 Å². The van der Waals surface area contributed by atoms with Crippen molar-refractivity contribution in [1.82, 2.24) is 0 Å². The Morgan fingerprint density at radius 2 is 1.78 bits per heavy atom. The molecular formula is C18H20N2O3. The van der Waals surface area contributed by atoms with Crippen molar-refractivity contribution in [2.24, 2.45) is 0 Å². The molecule has 5 nitrogen and oxygen atoms in total. The highest BCUT2D eigenvalue weighted by atomic mass is 16.7. The summed E-state index contributed by atoms with van der Waals surface area (Å²) in [6.45, 7) is 5.88. The Morgan fingerprint density at radius 3 is 2.43 bits per heavy atom. The smallest absolute Gasteiger partial charge is 0.334 e. The monoisotopic (exact) mass is 312 g/mol. The molecule has 5 heteroatoms. The van der Waals surface area contributed by atoms with E-state index in [0.29, 0.717) is 23.7 Å². The first kappa shape index (κ1) is 16.6. The van der Waals surface area contributed by atoms with Gasteiger partial charge >= 0.3 is 5.97 Å². The van der Waals surface area contributed by atoms with Crippen molar-refractivity contribution in [2.45, 2.75) is 6.92 Å². The predicted octanol–water partition coefficient (Wildman–Crippen LogP) is 3.24. The van der Waals surface area contributed by atoms with Crippen molar-refractivity contribution in [3.05, 3.63) is 66.7 Å². The zero-order valence-corrected chi connectivity index (χ0v) is 13.1. The molecule has 0 amide bonds. The standard InChI is InChI=1S/C18H20N2O3/c1-3-22-18(21)13-23-20(17-12-8-7-11-16(17)19)14(2)15-9-5-4-6-10-15/h4-12H,2-3,13,19H2,1H3. The number of nitrogens with zero attached hydrogens (tertiary/aromatic N) is 1. The van der Waals surface area contributed by atoms with Crippen LogP contribution in [0, 0.1) is 0 Å². The Bertz CT molecular complexity index is 671. The van der Waals surface area contributed by atoms with Crippen LogP contribution in [-0.2, 0) is 14.4 Å². The van der Waals surface area contributed by atoms with E-state index >= 15 is 0 Å². The second kappa shape index (κ2) is 8.00. The molecule has 0 spiro atoms. The molecule has 2 aromatic rings. The highest BCUT2D eigenvalue weighted by molar-refractivity contribution is 5.82. The number of ether oxygens (including phenoxy) is 1. The Kier molecular flexibility index (Phi) is 5.77. The fourth-order valence-corrected chi connectivity index (χ4v) is 2.03. The third-order valence-electron chi connectivity index (χ3n) is 3.12. The van der Waals surface area contributed by atoms with E-state index in [9.17, 15) is 4.79 Å². The molecule has 2 rings (SSSR count). The number of benzene rings is 2. The van der Waals surface area contributed by atoms with Crippen LogP contribution in [0.1, 0.15) is 12.5 Å². The maximum atomic E-state index is 11.6. The number of rotatable bonds is 7. The van der Waals surface area contributed by atoms with Gasteiger partial charge in [0.25, 0.3) is 0 Å². The van der Waals surface area contributed by atoms with Gasteiger partial charge in [-0.15, -0.1) is 0 Å². The number of carbonyl (C=O) groups is 1. The zero-order valence-electron chi connectivity index (χ0n) is 13.1. The van der Waals surface area contributed by atoms with Crippen LogP contribution in [0.2, 0.25) is 0 Å². The number of anilines is 2. The van der Waals surface area contributed by atoms with Crippen molar-refractivity contribution >= 4 is 23.0 Å². The van der Waals surface area contributed by atoms with Gasteiger partial charge in [0.15, 0.2) is 6.61 Å². The van der Waals surface area contributed by atoms with Gasteiger partial charge in [0.05, 0.1) is 23.7 Å². The van der Waals surface area contributed by atoms with E-state index in [1.54, 1.807) is 19.1 Å². The number of hydroxylamine groups is 1. The van der Waals surface area contributed by atoms with Gasteiger partial charge < -0.3 is 10.5 Å². The van der Waals surface area contributed by atoms with E-state index in [0.717, 1.165) is 5.56 Å². The van der Waals surface area contributed by atoms with Crippen molar-refractivity contribution in [1.29, 1.82) is 0 Å². The van der Waals surface area contributed by atoms with E-state index in [4.69, 9.17) is 15.3 Å². The second-order valence-corrected chi connectivity index (χ2v) is 4.74. The third kappa shape index (κ3) is 4.34. The number of carbonyl (C=O) groups excluding carboxylic acids is 1. The van der Waals surface area contributed by atoms with Crippen LogP contribution in [-0.4, -0.2) is 19.2 Å². The molecule has 2 aromatic carbocycles. The molecule has 0 aliphatic heterocycles. The quantitative estimate of drug-likeness (QED) is 0.483. The molecule has 23 heavy (non-hydrogen) atoms. The lowest BCUT2D eigenvalue weighted by molar-refractivity contribution is -0.148. The maximum Gasteiger partial charge on any atom is 0.334 e. The van der Waals surface area contributed by atoms with E-state index in [1.807, 2.05) is 42.5 Å². The molecule has 0 saturated heterocycles. The van der Waals surface area contributed by atoms with Crippen LogP contribution in [0.25, 0.3) is 5.70 Å². The fraction of sp³-hybridized carbons (Fsp3) is 0.167. The molecule has 0 bridgehead atoms. The van der Waals surface area contributed by atoms with Crippen LogP contribution in [0.3, 0.4) is 0 Å². The van der Waals surface area contributed by atoms with Gasteiger partial charge in [-0.3, -0.25) is 4.84 Å². The van der Waals surface area contributed by atoms with Crippen LogP contribution in [0.15, 0.2) is 61.2 Å². The van der Waals surface area contributed by atoms with Gasteiger partial charge in [-0.05, 0) is 24.6 Å². The molecule has 0 fully saturated rings. The first-order chi connectivity index (χ1) is 11.1. The largest absolute Gasteiger partial charge is 0.464 e. The summed E-state index contributed by atoms with van der Waals surface area (Å²) in [7, 11) is 0.